The SMILES string of the molecule is C[C@@H](CCc1ccc(Cl)c(Cl)c1)NC(=O)c1[nH]c(=O)[nH]c(=O)c1N. The Morgan fingerprint density at radius 2 is 1.96 bits per heavy atom. The fraction of sp³-hybridized carbons (Fsp3) is 0.267. The third-order valence-corrected chi connectivity index (χ3v) is 4.17. The highest BCUT2D eigenvalue weighted by Crippen LogP contribution is 2.23. The van der Waals surface area contributed by atoms with Crippen molar-refractivity contribution in [2.45, 2.75) is 25.8 Å². The third kappa shape index (κ3) is 4.39. The Labute approximate surface area is 147 Å². The summed E-state index contributed by atoms with van der Waals surface area (Å²) in [7, 11) is 0. The number of benzene rings is 1. The third-order valence-electron chi connectivity index (χ3n) is 3.43. The summed E-state index contributed by atoms with van der Waals surface area (Å²) in [4.78, 5) is 39.0. The number of nitrogens with two attached hydrogens (primary N) is 1. The minimum Gasteiger partial charge on any atom is -0.392 e. The number of amides is 1. The molecule has 1 atom stereocenters. The zero-order valence-corrected chi connectivity index (χ0v) is 14.3. The molecule has 0 saturated carbocycles. The molecule has 0 bridgehead atoms. The summed E-state index contributed by atoms with van der Waals surface area (Å²) in [6.07, 6.45) is 1.29. The topological polar surface area (TPSA) is 121 Å². The van der Waals surface area contributed by atoms with Gasteiger partial charge in [-0.15, -0.1) is 0 Å². The first-order chi connectivity index (χ1) is 11.3. The van der Waals surface area contributed by atoms with E-state index in [0.717, 1.165) is 5.56 Å². The van der Waals surface area contributed by atoms with Crippen molar-refractivity contribution in [2.24, 2.45) is 0 Å². The smallest absolute Gasteiger partial charge is 0.326 e. The minimum atomic E-state index is -0.799. The van der Waals surface area contributed by atoms with Crippen LogP contribution in [0, 0.1) is 0 Å². The molecule has 1 amide bonds. The van der Waals surface area contributed by atoms with Crippen LogP contribution in [0.15, 0.2) is 27.8 Å². The highest BCUT2D eigenvalue weighted by atomic mass is 35.5. The molecule has 0 spiro atoms. The van der Waals surface area contributed by atoms with Gasteiger partial charge >= 0.3 is 5.69 Å². The largest absolute Gasteiger partial charge is 0.392 e. The number of hydrogen-bond donors (Lipinski definition) is 4. The Morgan fingerprint density at radius 1 is 1.25 bits per heavy atom. The van der Waals surface area contributed by atoms with Crippen LogP contribution in [-0.4, -0.2) is 21.9 Å². The van der Waals surface area contributed by atoms with Gasteiger partial charge in [-0.25, -0.2) is 4.79 Å². The summed E-state index contributed by atoms with van der Waals surface area (Å²) in [5.41, 5.74) is 4.34. The second-order valence-electron chi connectivity index (χ2n) is 5.36. The van der Waals surface area contributed by atoms with Gasteiger partial charge in [-0.2, -0.15) is 0 Å². The average molecular weight is 371 g/mol. The molecule has 2 aromatic rings. The number of hydrogen-bond acceptors (Lipinski definition) is 4. The summed E-state index contributed by atoms with van der Waals surface area (Å²) in [5.74, 6) is -0.614. The van der Waals surface area contributed by atoms with E-state index in [2.05, 4.69) is 10.3 Å². The van der Waals surface area contributed by atoms with E-state index in [9.17, 15) is 14.4 Å². The first kappa shape index (κ1) is 18.1. The fourth-order valence-electron chi connectivity index (χ4n) is 2.12. The number of aryl methyl sites for hydroxylation is 1. The summed E-state index contributed by atoms with van der Waals surface area (Å²) in [6.45, 7) is 1.80. The number of carbonyl (C=O) groups is 1. The lowest BCUT2D eigenvalue weighted by Gasteiger charge is -2.14. The second kappa shape index (κ2) is 7.55. The molecule has 0 aliphatic heterocycles. The summed E-state index contributed by atoms with van der Waals surface area (Å²) in [5, 5.41) is 3.64. The molecule has 9 heteroatoms. The molecule has 1 heterocycles. The first-order valence-corrected chi connectivity index (χ1v) is 7.90. The molecular formula is C15H16Cl2N4O3. The highest BCUT2D eigenvalue weighted by Gasteiger charge is 2.16. The van der Waals surface area contributed by atoms with E-state index in [4.69, 9.17) is 28.9 Å². The molecule has 0 fully saturated rings. The highest BCUT2D eigenvalue weighted by molar-refractivity contribution is 6.42. The van der Waals surface area contributed by atoms with Crippen LogP contribution in [0.3, 0.4) is 0 Å². The molecule has 7 nitrogen and oxygen atoms in total. The van der Waals surface area contributed by atoms with Gasteiger partial charge in [0, 0.05) is 6.04 Å². The van der Waals surface area contributed by atoms with Crippen molar-refractivity contribution in [2.75, 3.05) is 5.73 Å². The average Bonchev–Trinajstić information content (AvgIpc) is 2.52. The van der Waals surface area contributed by atoms with E-state index < -0.39 is 17.2 Å². The Bertz CT molecular complexity index is 876. The first-order valence-electron chi connectivity index (χ1n) is 7.14. The predicted molar refractivity (Wildman–Crippen MR) is 93.8 cm³/mol. The number of aromatic amines is 2. The van der Waals surface area contributed by atoms with Gasteiger partial charge in [0.05, 0.1) is 10.0 Å². The molecule has 1 aromatic heterocycles. The zero-order chi connectivity index (χ0) is 17.9. The lowest BCUT2D eigenvalue weighted by Crippen LogP contribution is -2.37. The van der Waals surface area contributed by atoms with Crippen molar-refractivity contribution in [3.05, 3.63) is 60.3 Å². The van der Waals surface area contributed by atoms with Crippen molar-refractivity contribution in [1.29, 1.82) is 0 Å². The molecule has 0 aliphatic rings. The maximum Gasteiger partial charge on any atom is 0.326 e. The number of anilines is 1. The van der Waals surface area contributed by atoms with Gasteiger partial charge in [-0.05, 0) is 37.5 Å². The molecular weight excluding hydrogens is 355 g/mol. The van der Waals surface area contributed by atoms with Crippen LogP contribution in [0.2, 0.25) is 10.0 Å². The van der Waals surface area contributed by atoms with Gasteiger partial charge in [-0.1, -0.05) is 29.3 Å². The van der Waals surface area contributed by atoms with Crippen molar-refractivity contribution < 1.29 is 4.79 Å². The number of aromatic nitrogens is 2. The molecule has 24 heavy (non-hydrogen) atoms. The van der Waals surface area contributed by atoms with Crippen LogP contribution in [0.4, 0.5) is 5.69 Å². The van der Waals surface area contributed by atoms with Crippen molar-refractivity contribution in [3.63, 3.8) is 0 Å². The Kier molecular flexibility index (Phi) is 5.69. The fourth-order valence-corrected chi connectivity index (χ4v) is 2.44. The van der Waals surface area contributed by atoms with E-state index in [0.29, 0.717) is 22.9 Å². The molecule has 5 N–H and O–H groups in total. The number of carbonyl (C=O) groups excluding carboxylic acids is 1. The van der Waals surface area contributed by atoms with E-state index in [1.807, 2.05) is 11.1 Å². The maximum absolute atomic E-state index is 12.1. The number of H-pyrrole nitrogens is 2. The van der Waals surface area contributed by atoms with Gasteiger partial charge in [0.15, 0.2) is 0 Å². The monoisotopic (exact) mass is 370 g/mol. The molecule has 128 valence electrons. The molecule has 0 unspecified atom stereocenters. The molecule has 2 rings (SSSR count). The normalized spacial score (nSPS) is 12.0. The van der Waals surface area contributed by atoms with Crippen LogP contribution >= 0.6 is 23.2 Å². The standard InChI is InChI=1S/C15H16Cl2N4O3/c1-7(2-3-8-4-5-9(16)10(17)6-8)19-14(23)12-11(18)13(22)21-15(24)20-12/h4-7H,2-3,18H2,1H3,(H,19,23)(H2,20,21,22,24)/t7-/m0/s1. The quantitative estimate of drug-likeness (QED) is 0.639. The maximum atomic E-state index is 12.1. The van der Waals surface area contributed by atoms with Crippen molar-refractivity contribution in [3.8, 4) is 0 Å². The number of nitrogen functional groups attached to an aromatic ring is 1. The summed E-state index contributed by atoms with van der Waals surface area (Å²) < 4.78 is 0. The van der Waals surface area contributed by atoms with Crippen LogP contribution in [0.1, 0.15) is 29.4 Å². The van der Waals surface area contributed by atoms with E-state index in [1.54, 1.807) is 19.1 Å². The lowest BCUT2D eigenvalue weighted by atomic mass is 10.1. The minimum absolute atomic E-state index is 0.214. The van der Waals surface area contributed by atoms with Gasteiger partial charge in [0.1, 0.15) is 11.4 Å². The van der Waals surface area contributed by atoms with Gasteiger partial charge in [0.2, 0.25) is 0 Å². The van der Waals surface area contributed by atoms with E-state index in [1.165, 1.54) is 0 Å². The predicted octanol–water partition coefficient (Wildman–Crippen LogP) is 1.70. The number of nitrogens with one attached hydrogen (secondary N) is 3. The van der Waals surface area contributed by atoms with Crippen LogP contribution in [0.5, 0.6) is 0 Å². The molecule has 0 aliphatic carbocycles. The van der Waals surface area contributed by atoms with E-state index in [-0.39, 0.29) is 17.4 Å². The molecule has 0 radical (unpaired) electrons. The zero-order valence-electron chi connectivity index (χ0n) is 12.8. The van der Waals surface area contributed by atoms with Crippen LogP contribution in [0.25, 0.3) is 0 Å². The van der Waals surface area contributed by atoms with Crippen LogP contribution in [-0.2, 0) is 6.42 Å². The van der Waals surface area contributed by atoms with Gasteiger partial charge in [0.25, 0.3) is 11.5 Å². The molecule has 1 aromatic carbocycles. The van der Waals surface area contributed by atoms with Crippen LogP contribution < -0.4 is 22.3 Å². The second-order valence-corrected chi connectivity index (χ2v) is 6.17. The number of halogens is 2. The summed E-state index contributed by atoms with van der Waals surface area (Å²) in [6, 6.07) is 5.12. The Morgan fingerprint density at radius 3 is 2.62 bits per heavy atom. The van der Waals surface area contributed by atoms with E-state index >= 15 is 0 Å². The Balaban J connectivity index is 2.00. The Hall–Kier alpha value is -2.25. The van der Waals surface area contributed by atoms with Crippen molar-refractivity contribution >= 4 is 34.8 Å². The molecule has 0 saturated heterocycles. The van der Waals surface area contributed by atoms with Gasteiger partial charge < -0.3 is 16.0 Å². The van der Waals surface area contributed by atoms with Crippen molar-refractivity contribution in [1.82, 2.24) is 15.3 Å². The van der Waals surface area contributed by atoms with Gasteiger partial charge in [-0.3, -0.25) is 14.6 Å². The summed E-state index contributed by atoms with van der Waals surface area (Å²) >= 11 is 11.8. The lowest BCUT2D eigenvalue weighted by molar-refractivity contribution is 0.0934. The number of rotatable bonds is 5.